The van der Waals surface area contributed by atoms with Crippen LogP contribution in [0.2, 0.25) is 0 Å². The second-order valence-electron chi connectivity index (χ2n) is 7.75. The van der Waals surface area contributed by atoms with Crippen LogP contribution in [0.3, 0.4) is 0 Å². The van der Waals surface area contributed by atoms with Gasteiger partial charge in [-0.2, -0.15) is 0 Å². The molecule has 2 aliphatic rings. The lowest BCUT2D eigenvalue weighted by molar-refractivity contribution is -0.384. The van der Waals surface area contributed by atoms with Gasteiger partial charge >= 0.3 is 0 Å². The minimum Gasteiger partial charge on any atom is -0.497 e. The van der Waals surface area contributed by atoms with Crippen LogP contribution >= 0.6 is 0 Å². The number of likely N-dealkylation sites (tertiary alicyclic amines) is 1. The van der Waals surface area contributed by atoms with Gasteiger partial charge in [0.1, 0.15) is 17.1 Å². The number of non-ortho nitro benzene ring substituents is 1. The number of rotatable bonds is 4. The van der Waals surface area contributed by atoms with E-state index in [1.54, 1.807) is 48.4 Å². The number of methoxy groups -OCH3 is 1. The molecule has 0 aromatic heterocycles. The topological polar surface area (TPSA) is 99.0 Å². The molecule has 0 N–H and O–H groups in total. The quantitative estimate of drug-likeness (QED) is 0.424. The minimum atomic E-state index is -0.586. The van der Waals surface area contributed by atoms with Crippen LogP contribution in [0.15, 0.2) is 48.5 Å². The van der Waals surface area contributed by atoms with Crippen molar-refractivity contribution in [2.24, 2.45) is 0 Å². The Morgan fingerprint density at radius 2 is 1.90 bits per heavy atom. The Balaban J connectivity index is 1.38. The van der Waals surface area contributed by atoms with Gasteiger partial charge in [-0.15, -0.1) is 0 Å². The lowest BCUT2D eigenvalue weighted by atomic mass is 9.82. The van der Waals surface area contributed by atoms with Gasteiger partial charge in [0, 0.05) is 44.1 Å². The number of carbonyl (C=O) groups excluding carboxylic acids is 2. The van der Waals surface area contributed by atoms with Crippen LogP contribution in [0, 0.1) is 10.1 Å². The van der Waals surface area contributed by atoms with Crippen LogP contribution in [-0.4, -0.2) is 47.3 Å². The van der Waals surface area contributed by atoms with Crippen LogP contribution in [-0.2, 0) is 4.79 Å². The average molecular weight is 422 g/mol. The molecular formula is C23H22N2O6. The second kappa shape index (κ2) is 8.22. The summed E-state index contributed by atoms with van der Waals surface area (Å²) in [5, 5.41) is 10.7. The number of carbonyl (C=O) groups is 2. The van der Waals surface area contributed by atoms with Gasteiger partial charge in [0.15, 0.2) is 5.78 Å². The highest BCUT2D eigenvalue weighted by atomic mass is 16.6. The van der Waals surface area contributed by atoms with Crippen molar-refractivity contribution in [2.75, 3.05) is 20.2 Å². The van der Waals surface area contributed by atoms with Crippen LogP contribution in [0.25, 0.3) is 6.08 Å². The van der Waals surface area contributed by atoms with Gasteiger partial charge in [0.05, 0.1) is 24.0 Å². The number of nitro benzene ring substituents is 1. The van der Waals surface area contributed by atoms with E-state index in [0.717, 1.165) is 0 Å². The van der Waals surface area contributed by atoms with E-state index in [1.807, 2.05) is 0 Å². The number of ketones is 1. The normalized spacial score (nSPS) is 17.3. The van der Waals surface area contributed by atoms with Crippen molar-refractivity contribution in [2.45, 2.75) is 24.9 Å². The maximum absolute atomic E-state index is 12.7. The van der Waals surface area contributed by atoms with Crippen molar-refractivity contribution in [1.29, 1.82) is 0 Å². The Labute approximate surface area is 179 Å². The molecule has 2 aromatic carbocycles. The van der Waals surface area contributed by atoms with Crippen LogP contribution < -0.4 is 9.47 Å². The highest BCUT2D eigenvalue weighted by molar-refractivity contribution is 6.00. The molecule has 0 aliphatic carbocycles. The van der Waals surface area contributed by atoms with Gasteiger partial charge in [-0.25, -0.2) is 0 Å². The van der Waals surface area contributed by atoms with Gasteiger partial charge in [-0.1, -0.05) is 0 Å². The molecule has 1 fully saturated rings. The van der Waals surface area contributed by atoms with Crippen molar-refractivity contribution in [1.82, 2.24) is 4.90 Å². The molecule has 0 radical (unpaired) electrons. The van der Waals surface area contributed by atoms with E-state index in [-0.39, 0.29) is 23.8 Å². The first-order valence-electron chi connectivity index (χ1n) is 10.0. The number of amides is 1. The molecule has 1 saturated heterocycles. The van der Waals surface area contributed by atoms with E-state index in [2.05, 4.69) is 0 Å². The molecule has 1 amide bonds. The van der Waals surface area contributed by atoms with E-state index in [0.29, 0.717) is 48.6 Å². The summed E-state index contributed by atoms with van der Waals surface area (Å²) in [4.78, 5) is 37.2. The predicted octanol–water partition coefficient (Wildman–Crippen LogP) is 3.64. The Hall–Kier alpha value is -3.68. The fourth-order valence-corrected chi connectivity index (χ4v) is 3.99. The molecule has 31 heavy (non-hydrogen) atoms. The van der Waals surface area contributed by atoms with Crippen molar-refractivity contribution in [3.8, 4) is 11.5 Å². The van der Waals surface area contributed by atoms with Gasteiger partial charge in [-0.05, 0) is 42.0 Å². The summed E-state index contributed by atoms with van der Waals surface area (Å²) >= 11 is 0. The number of Topliss-reactive ketones (excluding diaryl/α,β-unsaturated/α-hetero) is 1. The van der Waals surface area contributed by atoms with Crippen LogP contribution in [0.1, 0.15) is 35.2 Å². The van der Waals surface area contributed by atoms with Crippen molar-refractivity contribution in [3.05, 3.63) is 69.8 Å². The SMILES string of the molecule is COc1ccc2c(c1)C(=O)CC1(CCN(C(=O)/C=C/c3ccc([N+](=O)[O-])cc3)CC1)O2. The third-order valence-electron chi connectivity index (χ3n) is 5.80. The molecule has 0 bridgehead atoms. The van der Waals surface area contributed by atoms with Crippen LogP contribution in [0.4, 0.5) is 5.69 Å². The van der Waals surface area contributed by atoms with E-state index < -0.39 is 10.5 Å². The molecule has 160 valence electrons. The van der Waals surface area contributed by atoms with E-state index in [1.165, 1.54) is 18.2 Å². The number of benzene rings is 2. The number of hydrogen-bond donors (Lipinski definition) is 0. The minimum absolute atomic E-state index is 0.00634. The smallest absolute Gasteiger partial charge is 0.269 e. The molecule has 0 saturated carbocycles. The first-order chi connectivity index (χ1) is 14.9. The number of ether oxygens (including phenoxy) is 2. The number of nitrogens with zero attached hydrogens (tertiary/aromatic N) is 2. The van der Waals surface area contributed by atoms with E-state index in [4.69, 9.17) is 9.47 Å². The molecule has 0 atom stereocenters. The predicted molar refractivity (Wildman–Crippen MR) is 113 cm³/mol. The highest BCUT2D eigenvalue weighted by Gasteiger charge is 2.43. The molecule has 0 unspecified atom stereocenters. The van der Waals surface area contributed by atoms with Gasteiger partial charge < -0.3 is 14.4 Å². The largest absolute Gasteiger partial charge is 0.497 e. The standard InChI is InChI=1S/C23H22N2O6/c1-30-18-7-8-21-19(14-18)20(26)15-23(31-21)10-12-24(13-11-23)22(27)9-4-16-2-5-17(6-3-16)25(28)29/h2-9,14H,10-13,15H2,1H3/b9-4+. The maximum Gasteiger partial charge on any atom is 0.269 e. The molecule has 4 rings (SSSR count). The summed E-state index contributed by atoms with van der Waals surface area (Å²) in [6, 6.07) is 11.2. The summed E-state index contributed by atoms with van der Waals surface area (Å²) in [5.41, 5.74) is 0.666. The zero-order valence-corrected chi connectivity index (χ0v) is 17.1. The van der Waals surface area contributed by atoms with Gasteiger partial charge in [-0.3, -0.25) is 19.7 Å². The Morgan fingerprint density at radius 1 is 1.19 bits per heavy atom. The highest BCUT2D eigenvalue weighted by Crippen LogP contribution is 2.40. The van der Waals surface area contributed by atoms with Crippen molar-refractivity contribution >= 4 is 23.5 Å². The molecule has 8 nitrogen and oxygen atoms in total. The zero-order valence-electron chi connectivity index (χ0n) is 17.1. The summed E-state index contributed by atoms with van der Waals surface area (Å²) in [7, 11) is 1.56. The van der Waals surface area contributed by atoms with E-state index >= 15 is 0 Å². The monoisotopic (exact) mass is 422 g/mol. The molecule has 8 heteroatoms. The average Bonchev–Trinajstić information content (AvgIpc) is 2.78. The molecule has 2 aromatic rings. The molecular weight excluding hydrogens is 400 g/mol. The second-order valence-corrected chi connectivity index (χ2v) is 7.75. The number of piperidine rings is 1. The van der Waals surface area contributed by atoms with Crippen molar-refractivity contribution < 1.29 is 24.0 Å². The number of hydrogen-bond acceptors (Lipinski definition) is 6. The van der Waals surface area contributed by atoms with Gasteiger partial charge in [0.2, 0.25) is 5.91 Å². The van der Waals surface area contributed by atoms with Crippen LogP contribution in [0.5, 0.6) is 11.5 Å². The van der Waals surface area contributed by atoms with Crippen molar-refractivity contribution in [3.63, 3.8) is 0 Å². The number of nitro groups is 1. The Morgan fingerprint density at radius 3 is 2.55 bits per heavy atom. The summed E-state index contributed by atoms with van der Waals surface area (Å²) in [6.07, 6.45) is 4.53. The van der Waals surface area contributed by atoms with E-state index in [9.17, 15) is 19.7 Å². The zero-order chi connectivity index (χ0) is 22.0. The first kappa shape index (κ1) is 20.6. The summed E-state index contributed by atoms with van der Waals surface area (Å²) < 4.78 is 11.4. The lowest BCUT2D eigenvalue weighted by Gasteiger charge is -2.43. The molecule has 1 spiro atoms. The summed E-state index contributed by atoms with van der Waals surface area (Å²) in [5.74, 6) is 1.07. The lowest BCUT2D eigenvalue weighted by Crippen LogP contribution is -2.52. The summed E-state index contributed by atoms with van der Waals surface area (Å²) in [6.45, 7) is 0.977. The molecule has 2 aliphatic heterocycles. The fourth-order valence-electron chi connectivity index (χ4n) is 3.99. The third-order valence-corrected chi connectivity index (χ3v) is 5.80. The molecule has 2 heterocycles. The first-order valence-corrected chi connectivity index (χ1v) is 10.0. The Kier molecular flexibility index (Phi) is 5.46. The fraction of sp³-hybridized carbons (Fsp3) is 0.304. The number of fused-ring (bicyclic) bond motifs is 1. The third kappa shape index (κ3) is 4.28. The maximum atomic E-state index is 12.7. The Bertz CT molecular complexity index is 1050. The van der Waals surface area contributed by atoms with Gasteiger partial charge in [0.25, 0.3) is 5.69 Å².